The number of thiazole rings is 1. The van der Waals surface area contributed by atoms with Crippen LogP contribution in [-0.4, -0.2) is 16.6 Å². The Labute approximate surface area is 141 Å². The van der Waals surface area contributed by atoms with E-state index in [0.717, 1.165) is 17.0 Å². The van der Waals surface area contributed by atoms with E-state index in [1.807, 2.05) is 6.92 Å². The quantitative estimate of drug-likeness (QED) is 0.806. The first-order valence-corrected chi connectivity index (χ1v) is 9.11. The summed E-state index contributed by atoms with van der Waals surface area (Å²) in [5.74, 6) is -0.158. The number of halogens is 2. The molecule has 0 bridgehead atoms. The van der Waals surface area contributed by atoms with E-state index in [-0.39, 0.29) is 5.91 Å². The number of aromatic nitrogens is 1. The Bertz CT molecular complexity index is 714. The van der Waals surface area contributed by atoms with Gasteiger partial charge in [-0.1, -0.05) is 24.6 Å². The molecule has 1 aliphatic heterocycles. The van der Waals surface area contributed by atoms with Gasteiger partial charge in [0.2, 0.25) is 5.91 Å². The number of amides is 1. The van der Waals surface area contributed by atoms with Gasteiger partial charge in [-0.15, -0.1) is 23.1 Å². The fourth-order valence-electron chi connectivity index (χ4n) is 2.43. The van der Waals surface area contributed by atoms with E-state index >= 15 is 0 Å². The van der Waals surface area contributed by atoms with E-state index < -0.39 is 11.2 Å². The average Bonchev–Trinajstić information content (AvgIpc) is 3.02. The normalized spacial score (nSPS) is 18.3. The van der Waals surface area contributed by atoms with Crippen molar-refractivity contribution in [3.63, 3.8) is 0 Å². The van der Waals surface area contributed by atoms with Crippen LogP contribution in [0.15, 0.2) is 18.2 Å². The zero-order valence-corrected chi connectivity index (χ0v) is 14.5. The highest BCUT2D eigenvalue weighted by molar-refractivity contribution is 8.00. The van der Waals surface area contributed by atoms with Crippen LogP contribution in [0.3, 0.4) is 0 Å². The highest BCUT2D eigenvalue weighted by atomic mass is 35.5. The Kier molecular flexibility index (Phi) is 4.43. The number of hydrogen-bond donors (Lipinski definition) is 0. The van der Waals surface area contributed by atoms with Gasteiger partial charge < -0.3 is 0 Å². The molecule has 0 aliphatic carbocycles. The van der Waals surface area contributed by atoms with Gasteiger partial charge in [-0.25, -0.2) is 9.37 Å². The van der Waals surface area contributed by atoms with Gasteiger partial charge in [0.25, 0.3) is 0 Å². The predicted molar refractivity (Wildman–Crippen MR) is 90.3 cm³/mol. The van der Waals surface area contributed by atoms with Crippen molar-refractivity contribution < 1.29 is 9.18 Å². The number of carbonyl (C=O) groups excluding carboxylic acids is 1. The van der Waals surface area contributed by atoms with Crippen LogP contribution < -0.4 is 4.90 Å². The lowest BCUT2D eigenvalue weighted by Gasteiger charge is -2.22. The van der Waals surface area contributed by atoms with Crippen LogP contribution in [-0.2, 0) is 11.2 Å². The number of thioether (sulfide) groups is 1. The first-order valence-electron chi connectivity index (χ1n) is 6.86. The van der Waals surface area contributed by atoms with E-state index in [2.05, 4.69) is 11.9 Å². The van der Waals surface area contributed by atoms with Gasteiger partial charge in [0, 0.05) is 15.5 Å². The van der Waals surface area contributed by atoms with Gasteiger partial charge in [-0.3, -0.25) is 9.69 Å². The number of aryl methyl sites for hydroxylation is 2. The summed E-state index contributed by atoms with van der Waals surface area (Å²) in [6.45, 7) is 3.98. The van der Waals surface area contributed by atoms with Crippen molar-refractivity contribution in [3.05, 3.63) is 45.2 Å². The molecule has 1 aromatic carbocycles. The molecule has 7 heteroatoms. The molecular weight excluding hydrogens is 343 g/mol. The maximum Gasteiger partial charge on any atom is 0.240 e. The van der Waals surface area contributed by atoms with Crippen LogP contribution >= 0.6 is 34.7 Å². The second kappa shape index (κ2) is 6.18. The third-order valence-electron chi connectivity index (χ3n) is 3.52. The lowest BCUT2D eigenvalue weighted by molar-refractivity contribution is -0.115. The van der Waals surface area contributed by atoms with E-state index in [4.69, 9.17) is 11.6 Å². The highest BCUT2D eigenvalue weighted by Crippen LogP contribution is 2.46. The van der Waals surface area contributed by atoms with E-state index in [1.165, 1.54) is 29.2 Å². The lowest BCUT2D eigenvalue weighted by Crippen LogP contribution is -2.28. The molecule has 2 aromatic rings. The number of nitrogens with zero attached hydrogens (tertiary/aromatic N) is 2. The third kappa shape index (κ3) is 2.64. The highest BCUT2D eigenvalue weighted by Gasteiger charge is 2.38. The minimum Gasteiger partial charge on any atom is -0.273 e. The molecule has 1 aliphatic rings. The topological polar surface area (TPSA) is 33.2 Å². The first kappa shape index (κ1) is 15.8. The van der Waals surface area contributed by atoms with E-state index in [0.29, 0.717) is 21.5 Å². The lowest BCUT2D eigenvalue weighted by atomic mass is 10.2. The van der Waals surface area contributed by atoms with Gasteiger partial charge in [0.1, 0.15) is 11.2 Å². The minimum absolute atomic E-state index is 0.0641. The summed E-state index contributed by atoms with van der Waals surface area (Å²) in [7, 11) is 0. The summed E-state index contributed by atoms with van der Waals surface area (Å²) in [5, 5.41) is 0.492. The van der Waals surface area contributed by atoms with Crippen LogP contribution in [0.2, 0.25) is 5.02 Å². The fraction of sp³-hybridized carbons (Fsp3) is 0.333. The Hall–Kier alpha value is -1.11. The maximum atomic E-state index is 14.2. The zero-order valence-electron chi connectivity index (χ0n) is 12.1. The molecule has 3 nitrogen and oxygen atoms in total. The second-order valence-electron chi connectivity index (χ2n) is 4.92. The molecule has 116 valence electrons. The average molecular weight is 357 g/mol. The molecule has 2 heterocycles. The molecule has 1 saturated heterocycles. The number of anilines is 1. The molecule has 1 atom stereocenters. The van der Waals surface area contributed by atoms with E-state index in [9.17, 15) is 9.18 Å². The van der Waals surface area contributed by atoms with Crippen LogP contribution in [0.4, 0.5) is 9.52 Å². The van der Waals surface area contributed by atoms with E-state index in [1.54, 1.807) is 17.0 Å². The summed E-state index contributed by atoms with van der Waals surface area (Å²) in [6, 6.07) is 4.58. The Morgan fingerprint density at radius 2 is 2.27 bits per heavy atom. The third-order valence-corrected chi connectivity index (χ3v) is 6.33. The molecule has 0 saturated carbocycles. The molecular formula is C15H14ClFN2OS2. The molecule has 3 rings (SSSR count). The maximum absolute atomic E-state index is 14.2. The van der Waals surface area contributed by atoms with Crippen molar-refractivity contribution in [2.45, 2.75) is 25.6 Å². The van der Waals surface area contributed by atoms with Crippen LogP contribution in [0, 0.1) is 12.7 Å². The molecule has 0 spiro atoms. The molecule has 1 fully saturated rings. The molecule has 0 N–H and O–H groups in total. The van der Waals surface area contributed by atoms with Gasteiger partial charge in [0.15, 0.2) is 5.13 Å². The van der Waals surface area contributed by atoms with Crippen molar-refractivity contribution in [1.29, 1.82) is 0 Å². The number of benzene rings is 1. The summed E-state index contributed by atoms with van der Waals surface area (Å²) >= 11 is 9.03. The number of rotatable bonds is 3. The first-order chi connectivity index (χ1) is 10.5. The molecule has 1 unspecified atom stereocenters. The van der Waals surface area contributed by atoms with Crippen LogP contribution in [0.5, 0.6) is 0 Å². The Morgan fingerprint density at radius 3 is 2.91 bits per heavy atom. The van der Waals surface area contributed by atoms with Crippen molar-refractivity contribution in [3.8, 4) is 0 Å². The van der Waals surface area contributed by atoms with Gasteiger partial charge >= 0.3 is 0 Å². The molecule has 0 radical (unpaired) electrons. The van der Waals surface area contributed by atoms with Crippen molar-refractivity contribution in [1.82, 2.24) is 4.98 Å². The minimum atomic E-state index is -0.462. The van der Waals surface area contributed by atoms with Crippen molar-refractivity contribution in [2.24, 2.45) is 0 Å². The zero-order chi connectivity index (χ0) is 15.9. The SMILES string of the molecule is CCc1sc(N2C(=O)CSC2c2c(F)cccc2Cl)nc1C. The molecule has 22 heavy (non-hydrogen) atoms. The second-order valence-corrected chi connectivity index (χ2v) is 7.46. The summed E-state index contributed by atoms with van der Waals surface area (Å²) in [4.78, 5) is 19.5. The van der Waals surface area contributed by atoms with Crippen molar-refractivity contribution >= 4 is 45.7 Å². The van der Waals surface area contributed by atoms with Gasteiger partial charge in [-0.2, -0.15) is 0 Å². The van der Waals surface area contributed by atoms with Gasteiger partial charge in [0.05, 0.1) is 11.4 Å². The predicted octanol–water partition coefficient (Wildman–Crippen LogP) is 4.59. The largest absolute Gasteiger partial charge is 0.273 e. The van der Waals surface area contributed by atoms with Crippen LogP contribution in [0.1, 0.15) is 28.4 Å². The Morgan fingerprint density at radius 1 is 1.50 bits per heavy atom. The smallest absolute Gasteiger partial charge is 0.240 e. The fourth-order valence-corrected chi connectivity index (χ4v) is 5.09. The Balaban J connectivity index is 2.06. The summed E-state index contributed by atoms with van der Waals surface area (Å²) in [6.07, 6.45) is 0.865. The summed E-state index contributed by atoms with van der Waals surface area (Å²) in [5.41, 5.74) is 1.27. The van der Waals surface area contributed by atoms with Crippen LogP contribution in [0.25, 0.3) is 0 Å². The number of hydrogen-bond acceptors (Lipinski definition) is 4. The standard InChI is InChI=1S/C15H14ClFN2OS2/c1-3-11-8(2)18-15(22-11)19-12(20)7-21-14(19)13-9(16)5-4-6-10(13)17/h4-6,14H,3,7H2,1-2H3. The number of carbonyl (C=O) groups is 1. The summed E-state index contributed by atoms with van der Waals surface area (Å²) < 4.78 is 14.2. The molecule has 1 amide bonds. The molecule has 1 aromatic heterocycles. The van der Waals surface area contributed by atoms with Crippen molar-refractivity contribution in [2.75, 3.05) is 10.7 Å². The van der Waals surface area contributed by atoms with Gasteiger partial charge in [-0.05, 0) is 25.5 Å². The monoisotopic (exact) mass is 356 g/mol.